The first-order chi connectivity index (χ1) is 14.2. The maximum absolute atomic E-state index is 14.7. The Morgan fingerprint density at radius 1 is 1.30 bits per heavy atom. The lowest BCUT2D eigenvalue weighted by atomic mass is 9.80. The fourth-order valence-corrected chi connectivity index (χ4v) is 3.87. The number of pyridine rings is 1. The Kier molecular flexibility index (Phi) is 5.09. The highest BCUT2D eigenvalue weighted by atomic mass is 19.1. The summed E-state index contributed by atoms with van der Waals surface area (Å²) < 4.78 is 20.0. The molecule has 0 saturated carbocycles. The second-order valence-corrected chi connectivity index (χ2v) is 8.82. The molecular formula is C22H25FN4O3. The summed E-state index contributed by atoms with van der Waals surface area (Å²) in [5.74, 6) is -0.0460. The molecule has 0 bridgehead atoms. The number of fused-ring (bicyclic) bond motifs is 1. The number of imidazole rings is 1. The van der Waals surface area contributed by atoms with Crippen LogP contribution in [-0.4, -0.2) is 39.0 Å². The van der Waals surface area contributed by atoms with Gasteiger partial charge in [0.1, 0.15) is 12.4 Å². The third-order valence-electron chi connectivity index (χ3n) is 5.81. The molecular weight excluding hydrogens is 387 g/mol. The van der Waals surface area contributed by atoms with Crippen molar-refractivity contribution in [2.45, 2.75) is 33.8 Å². The van der Waals surface area contributed by atoms with Crippen LogP contribution < -0.4 is 5.69 Å². The van der Waals surface area contributed by atoms with Crippen LogP contribution >= 0.6 is 0 Å². The van der Waals surface area contributed by atoms with Crippen molar-refractivity contribution < 1.29 is 13.9 Å². The van der Waals surface area contributed by atoms with E-state index in [-0.39, 0.29) is 17.7 Å². The van der Waals surface area contributed by atoms with Gasteiger partial charge in [-0.05, 0) is 35.4 Å². The van der Waals surface area contributed by atoms with Crippen molar-refractivity contribution in [3.05, 3.63) is 52.3 Å². The molecule has 158 valence electrons. The third-order valence-corrected chi connectivity index (χ3v) is 5.81. The van der Waals surface area contributed by atoms with Gasteiger partial charge in [-0.1, -0.05) is 32.9 Å². The van der Waals surface area contributed by atoms with Crippen LogP contribution in [0.25, 0.3) is 22.3 Å². The summed E-state index contributed by atoms with van der Waals surface area (Å²) in [4.78, 5) is 35.0. The average molecular weight is 412 g/mol. The van der Waals surface area contributed by atoms with E-state index in [4.69, 9.17) is 4.74 Å². The topological polar surface area (TPSA) is 91.1 Å². The van der Waals surface area contributed by atoms with Gasteiger partial charge in [0.15, 0.2) is 5.65 Å². The molecule has 1 aliphatic heterocycles. The first kappa shape index (κ1) is 20.1. The van der Waals surface area contributed by atoms with Crippen molar-refractivity contribution in [1.82, 2.24) is 19.9 Å². The number of hydrogen-bond acceptors (Lipinski definition) is 4. The van der Waals surface area contributed by atoms with Gasteiger partial charge in [0.25, 0.3) is 0 Å². The molecule has 1 aliphatic rings. The van der Waals surface area contributed by atoms with Gasteiger partial charge in [-0.3, -0.25) is 4.98 Å². The van der Waals surface area contributed by atoms with E-state index in [2.05, 4.69) is 35.7 Å². The van der Waals surface area contributed by atoms with Crippen molar-refractivity contribution in [1.29, 1.82) is 0 Å². The minimum absolute atomic E-state index is 0.131. The standard InChI is InChI=1S/C22H25FN4O3/c1-22(2,3)15-7-9-27(11-15)21(29)30-12-14-5-4-13(10-17(14)23)16-6-8-24-19-18(16)25-20(28)26-19/h4-6,8,10,15H,7,9,11-12H2,1-3H3,(H2,24,25,26,28). The van der Waals surface area contributed by atoms with Crippen LogP contribution in [0.2, 0.25) is 0 Å². The second kappa shape index (κ2) is 7.59. The van der Waals surface area contributed by atoms with Gasteiger partial charge in [-0.2, -0.15) is 0 Å². The second-order valence-electron chi connectivity index (χ2n) is 8.82. The van der Waals surface area contributed by atoms with Gasteiger partial charge >= 0.3 is 11.8 Å². The fourth-order valence-electron chi connectivity index (χ4n) is 3.87. The van der Waals surface area contributed by atoms with Gasteiger partial charge < -0.3 is 14.6 Å². The molecule has 1 saturated heterocycles. The van der Waals surface area contributed by atoms with Crippen LogP contribution in [0.1, 0.15) is 32.8 Å². The molecule has 1 unspecified atom stereocenters. The van der Waals surface area contributed by atoms with Gasteiger partial charge in [0.05, 0.1) is 5.52 Å². The molecule has 30 heavy (non-hydrogen) atoms. The number of aromatic nitrogens is 3. The largest absolute Gasteiger partial charge is 0.444 e. The molecule has 2 aromatic heterocycles. The molecule has 0 radical (unpaired) electrons. The van der Waals surface area contributed by atoms with Gasteiger partial charge in [-0.15, -0.1) is 0 Å². The summed E-state index contributed by atoms with van der Waals surface area (Å²) in [5.41, 5.74) is 2.25. The highest BCUT2D eigenvalue weighted by Gasteiger charge is 2.34. The van der Waals surface area contributed by atoms with Gasteiger partial charge in [0, 0.05) is 30.4 Å². The lowest BCUT2D eigenvalue weighted by Gasteiger charge is -2.26. The number of hydrogen-bond donors (Lipinski definition) is 2. The van der Waals surface area contributed by atoms with Crippen LogP contribution in [0, 0.1) is 17.2 Å². The number of nitrogens with zero attached hydrogens (tertiary/aromatic N) is 2. The number of aromatic amines is 2. The predicted octanol–water partition coefficient (Wildman–Crippen LogP) is 4.06. The van der Waals surface area contributed by atoms with Crippen LogP contribution in [0.3, 0.4) is 0 Å². The highest BCUT2D eigenvalue weighted by Crippen LogP contribution is 2.34. The number of H-pyrrole nitrogens is 2. The zero-order chi connectivity index (χ0) is 21.5. The van der Waals surface area contributed by atoms with E-state index in [9.17, 15) is 14.0 Å². The van der Waals surface area contributed by atoms with E-state index in [1.54, 1.807) is 29.3 Å². The quantitative estimate of drug-likeness (QED) is 0.679. The number of amides is 1. The summed E-state index contributed by atoms with van der Waals surface area (Å²) >= 11 is 0. The molecule has 1 fully saturated rings. The summed E-state index contributed by atoms with van der Waals surface area (Å²) in [7, 11) is 0. The summed E-state index contributed by atoms with van der Waals surface area (Å²) in [5, 5.41) is 0. The van der Waals surface area contributed by atoms with Crippen molar-refractivity contribution in [2.24, 2.45) is 11.3 Å². The van der Waals surface area contributed by atoms with Crippen LogP contribution in [-0.2, 0) is 11.3 Å². The number of likely N-dealkylation sites (tertiary alicyclic amines) is 1. The van der Waals surface area contributed by atoms with Crippen molar-refractivity contribution in [2.75, 3.05) is 13.1 Å². The molecule has 4 rings (SSSR count). The van der Waals surface area contributed by atoms with E-state index in [0.717, 1.165) is 6.42 Å². The Balaban J connectivity index is 1.45. The lowest BCUT2D eigenvalue weighted by molar-refractivity contribution is 0.0993. The van der Waals surface area contributed by atoms with Gasteiger partial charge in [0.2, 0.25) is 0 Å². The molecule has 2 N–H and O–H groups in total. The Morgan fingerprint density at radius 3 is 2.80 bits per heavy atom. The predicted molar refractivity (Wildman–Crippen MR) is 111 cm³/mol. The molecule has 3 aromatic rings. The number of halogens is 1. The summed E-state index contributed by atoms with van der Waals surface area (Å²) in [6.45, 7) is 7.70. The molecule has 3 heterocycles. The fraction of sp³-hybridized carbons (Fsp3) is 0.409. The SMILES string of the molecule is CC(C)(C)C1CCN(C(=O)OCc2ccc(-c3ccnc4[nH]c(=O)[nH]c34)cc2F)C1. The van der Waals surface area contributed by atoms with E-state index >= 15 is 0 Å². The molecule has 1 amide bonds. The molecule has 7 nitrogen and oxygen atoms in total. The van der Waals surface area contributed by atoms with Gasteiger partial charge in [-0.25, -0.2) is 19.0 Å². The lowest BCUT2D eigenvalue weighted by Crippen LogP contribution is -2.31. The zero-order valence-electron chi connectivity index (χ0n) is 17.3. The number of rotatable bonds is 3. The normalized spacial score (nSPS) is 16.9. The minimum Gasteiger partial charge on any atom is -0.444 e. The van der Waals surface area contributed by atoms with E-state index in [0.29, 0.717) is 46.9 Å². The number of carbonyl (C=O) groups excluding carboxylic acids is 1. The number of nitrogens with one attached hydrogen (secondary N) is 2. The average Bonchev–Trinajstić information content (AvgIpc) is 3.32. The third kappa shape index (κ3) is 3.94. The Hall–Kier alpha value is -3.16. The van der Waals surface area contributed by atoms with Crippen LogP contribution in [0.5, 0.6) is 0 Å². The van der Waals surface area contributed by atoms with E-state index in [1.165, 1.54) is 6.07 Å². The maximum Gasteiger partial charge on any atom is 0.410 e. The van der Waals surface area contributed by atoms with Crippen molar-refractivity contribution in [3.8, 4) is 11.1 Å². The molecule has 1 atom stereocenters. The number of benzene rings is 1. The Bertz CT molecular complexity index is 1150. The number of ether oxygens (including phenoxy) is 1. The first-order valence-electron chi connectivity index (χ1n) is 10.00. The molecule has 0 aliphatic carbocycles. The Labute approximate surface area is 173 Å². The van der Waals surface area contributed by atoms with Crippen molar-refractivity contribution in [3.63, 3.8) is 0 Å². The smallest absolute Gasteiger partial charge is 0.410 e. The van der Waals surface area contributed by atoms with Crippen molar-refractivity contribution >= 4 is 17.3 Å². The Morgan fingerprint density at radius 2 is 2.10 bits per heavy atom. The minimum atomic E-state index is -0.475. The highest BCUT2D eigenvalue weighted by molar-refractivity contribution is 5.89. The van der Waals surface area contributed by atoms with Crippen LogP contribution in [0.4, 0.5) is 9.18 Å². The molecule has 0 spiro atoms. The molecule has 8 heteroatoms. The summed E-state index contributed by atoms with van der Waals surface area (Å²) in [6.07, 6.45) is 2.09. The molecule has 1 aromatic carbocycles. The van der Waals surface area contributed by atoms with E-state index < -0.39 is 11.9 Å². The number of carbonyl (C=O) groups is 1. The zero-order valence-corrected chi connectivity index (χ0v) is 17.3. The van der Waals surface area contributed by atoms with Crippen LogP contribution in [0.15, 0.2) is 35.3 Å². The maximum atomic E-state index is 14.7. The van der Waals surface area contributed by atoms with E-state index in [1.807, 2.05) is 0 Å². The first-order valence-corrected chi connectivity index (χ1v) is 10.00. The summed E-state index contributed by atoms with van der Waals surface area (Å²) in [6, 6.07) is 6.41. The monoisotopic (exact) mass is 412 g/mol.